The van der Waals surface area contributed by atoms with Gasteiger partial charge in [0.15, 0.2) is 0 Å². The zero-order chi connectivity index (χ0) is 13.8. The Morgan fingerprint density at radius 2 is 1.68 bits per heavy atom. The second kappa shape index (κ2) is 6.47. The van der Waals surface area contributed by atoms with Crippen molar-refractivity contribution in [3.8, 4) is 0 Å². The van der Waals surface area contributed by atoms with Crippen LogP contribution in [-0.4, -0.2) is 75.2 Å². The quantitative estimate of drug-likeness (QED) is 0.748. The van der Waals surface area contributed by atoms with Gasteiger partial charge in [-0.2, -0.15) is 0 Å². The fourth-order valence-corrected chi connectivity index (χ4v) is 3.63. The van der Waals surface area contributed by atoms with Crippen molar-refractivity contribution in [2.75, 3.05) is 44.2 Å². The number of aliphatic carboxylic acids is 1. The van der Waals surface area contributed by atoms with Gasteiger partial charge >= 0.3 is 5.97 Å². The summed E-state index contributed by atoms with van der Waals surface area (Å²) in [5.74, 6) is 0.298. The largest absolute Gasteiger partial charge is 0.481 e. The van der Waals surface area contributed by atoms with Gasteiger partial charge in [-0.25, -0.2) is 0 Å². The van der Waals surface area contributed by atoms with E-state index in [4.69, 9.17) is 5.11 Å². The lowest BCUT2D eigenvalue weighted by atomic mass is 9.97. The molecule has 0 aromatic carbocycles. The number of piperidine rings is 1. The second-order valence-corrected chi connectivity index (χ2v) is 6.81. The van der Waals surface area contributed by atoms with Crippen LogP contribution in [0.3, 0.4) is 0 Å². The third kappa shape index (κ3) is 4.01. The molecule has 1 amide bonds. The van der Waals surface area contributed by atoms with Crippen molar-refractivity contribution in [2.45, 2.75) is 12.8 Å². The van der Waals surface area contributed by atoms with Crippen LogP contribution >= 0.6 is 0 Å². The predicted molar refractivity (Wildman–Crippen MR) is 71.3 cm³/mol. The molecule has 0 atom stereocenters. The van der Waals surface area contributed by atoms with E-state index in [1.54, 1.807) is 4.90 Å². The number of carbonyl (C=O) groups excluding carboxylic acids is 1. The van der Waals surface area contributed by atoms with Gasteiger partial charge in [-0.15, -0.1) is 0 Å². The minimum absolute atomic E-state index is 0.0662. The first-order valence-electron chi connectivity index (χ1n) is 6.64. The summed E-state index contributed by atoms with van der Waals surface area (Å²) in [6.45, 7) is 2.87. The maximum Gasteiger partial charge on any atom is 0.306 e. The molecule has 19 heavy (non-hydrogen) atoms. The van der Waals surface area contributed by atoms with Crippen LogP contribution < -0.4 is 0 Å². The highest BCUT2D eigenvalue weighted by Gasteiger charge is 2.28. The standard InChI is InChI=1S/C12H20N2O4S/c15-11(9-13-5-7-19(18)8-6-13)14-3-1-10(2-4-14)12(16)17/h10H,1-9H2,(H,16,17). The lowest BCUT2D eigenvalue weighted by molar-refractivity contribution is -0.145. The Kier molecular flexibility index (Phi) is 4.93. The van der Waals surface area contributed by atoms with E-state index in [9.17, 15) is 13.8 Å². The highest BCUT2D eigenvalue weighted by molar-refractivity contribution is 7.85. The lowest BCUT2D eigenvalue weighted by Gasteiger charge is -2.33. The molecule has 6 nitrogen and oxygen atoms in total. The molecule has 2 rings (SSSR count). The average molecular weight is 288 g/mol. The number of amides is 1. The molecule has 0 saturated carbocycles. The van der Waals surface area contributed by atoms with E-state index in [0.717, 1.165) is 0 Å². The van der Waals surface area contributed by atoms with Gasteiger partial charge in [-0.3, -0.25) is 18.7 Å². The molecule has 0 bridgehead atoms. The Morgan fingerprint density at radius 3 is 2.21 bits per heavy atom. The number of carboxylic acids is 1. The molecule has 0 spiro atoms. The van der Waals surface area contributed by atoms with Crippen LogP contribution in [0.1, 0.15) is 12.8 Å². The SMILES string of the molecule is O=C(O)C1CCN(C(=O)CN2CCS(=O)CC2)CC1. The molecule has 108 valence electrons. The summed E-state index contributed by atoms with van der Waals surface area (Å²) in [6.07, 6.45) is 1.09. The lowest BCUT2D eigenvalue weighted by Crippen LogP contribution is -2.47. The van der Waals surface area contributed by atoms with E-state index in [-0.39, 0.29) is 11.8 Å². The van der Waals surface area contributed by atoms with Crippen LogP contribution in [0, 0.1) is 5.92 Å². The molecular formula is C12H20N2O4S. The summed E-state index contributed by atoms with van der Waals surface area (Å²) in [6, 6.07) is 0. The van der Waals surface area contributed by atoms with Gasteiger partial charge in [0.2, 0.25) is 5.91 Å². The van der Waals surface area contributed by atoms with E-state index < -0.39 is 16.8 Å². The Morgan fingerprint density at radius 1 is 1.11 bits per heavy atom. The predicted octanol–water partition coefficient (Wildman–Crippen LogP) is -0.626. The van der Waals surface area contributed by atoms with Gasteiger partial charge in [0.1, 0.15) is 0 Å². The normalized spacial score (nSPS) is 23.5. The summed E-state index contributed by atoms with van der Waals surface area (Å²) >= 11 is 0. The summed E-state index contributed by atoms with van der Waals surface area (Å²) in [5.41, 5.74) is 0. The Labute approximate surface area is 115 Å². The van der Waals surface area contributed by atoms with Crippen molar-refractivity contribution in [1.29, 1.82) is 0 Å². The second-order valence-electron chi connectivity index (χ2n) is 5.12. The first kappa shape index (κ1) is 14.5. The molecule has 0 aliphatic carbocycles. The monoisotopic (exact) mass is 288 g/mol. The van der Waals surface area contributed by atoms with E-state index in [2.05, 4.69) is 0 Å². The smallest absolute Gasteiger partial charge is 0.306 e. The highest BCUT2D eigenvalue weighted by atomic mass is 32.2. The van der Waals surface area contributed by atoms with Crippen molar-refractivity contribution in [3.05, 3.63) is 0 Å². The molecule has 2 heterocycles. The molecule has 2 saturated heterocycles. The third-order valence-electron chi connectivity index (χ3n) is 3.83. The van der Waals surface area contributed by atoms with Crippen LogP contribution in [0.5, 0.6) is 0 Å². The van der Waals surface area contributed by atoms with Gasteiger partial charge in [0, 0.05) is 48.5 Å². The highest BCUT2D eigenvalue weighted by Crippen LogP contribution is 2.17. The molecule has 0 aromatic rings. The first-order valence-corrected chi connectivity index (χ1v) is 8.13. The van der Waals surface area contributed by atoms with Crippen molar-refractivity contribution < 1.29 is 18.9 Å². The summed E-state index contributed by atoms with van der Waals surface area (Å²) in [7, 11) is -0.722. The van der Waals surface area contributed by atoms with Crippen LogP contribution in [0.25, 0.3) is 0 Å². The van der Waals surface area contributed by atoms with E-state index in [0.29, 0.717) is 57.1 Å². The van der Waals surface area contributed by atoms with Crippen molar-refractivity contribution in [1.82, 2.24) is 9.80 Å². The topological polar surface area (TPSA) is 77.9 Å². The Hall–Kier alpha value is -0.950. The van der Waals surface area contributed by atoms with Crippen molar-refractivity contribution in [2.24, 2.45) is 5.92 Å². The summed E-state index contributed by atoms with van der Waals surface area (Å²) in [4.78, 5) is 26.7. The van der Waals surface area contributed by atoms with E-state index >= 15 is 0 Å². The third-order valence-corrected chi connectivity index (χ3v) is 5.10. The number of nitrogens with zero attached hydrogens (tertiary/aromatic N) is 2. The number of likely N-dealkylation sites (tertiary alicyclic amines) is 1. The van der Waals surface area contributed by atoms with E-state index in [1.165, 1.54) is 0 Å². The van der Waals surface area contributed by atoms with Gasteiger partial charge in [0.25, 0.3) is 0 Å². The van der Waals surface area contributed by atoms with Crippen LogP contribution in [0.15, 0.2) is 0 Å². The number of hydrogen-bond donors (Lipinski definition) is 1. The number of rotatable bonds is 3. The summed E-state index contributed by atoms with van der Waals surface area (Å²) in [5, 5.41) is 8.91. The van der Waals surface area contributed by atoms with Gasteiger partial charge in [0.05, 0.1) is 12.5 Å². The Bertz CT molecular complexity index is 370. The van der Waals surface area contributed by atoms with Gasteiger partial charge in [-0.05, 0) is 12.8 Å². The first-order chi connectivity index (χ1) is 9.06. The maximum absolute atomic E-state index is 12.1. The molecule has 2 fully saturated rings. The van der Waals surface area contributed by atoms with Crippen molar-refractivity contribution >= 4 is 22.7 Å². The zero-order valence-corrected chi connectivity index (χ0v) is 11.7. The van der Waals surface area contributed by atoms with E-state index in [1.807, 2.05) is 4.90 Å². The van der Waals surface area contributed by atoms with Crippen LogP contribution in [0.2, 0.25) is 0 Å². The number of hydrogen-bond acceptors (Lipinski definition) is 4. The average Bonchev–Trinajstić information content (AvgIpc) is 2.41. The molecule has 0 radical (unpaired) electrons. The van der Waals surface area contributed by atoms with Crippen LogP contribution in [-0.2, 0) is 20.4 Å². The maximum atomic E-state index is 12.1. The fraction of sp³-hybridized carbons (Fsp3) is 0.833. The summed E-state index contributed by atoms with van der Waals surface area (Å²) < 4.78 is 11.2. The molecule has 7 heteroatoms. The molecule has 1 N–H and O–H groups in total. The number of carbonyl (C=O) groups is 2. The fourth-order valence-electron chi connectivity index (χ4n) is 2.50. The molecule has 0 unspecified atom stereocenters. The molecule has 0 aromatic heterocycles. The zero-order valence-electron chi connectivity index (χ0n) is 10.9. The van der Waals surface area contributed by atoms with Crippen LogP contribution in [0.4, 0.5) is 0 Å². The molecule has 2 aliphatic rings. The van der Waals surface area contributed by atoms with Crippen molar-refractivity contribution in [3.63, 3.8) is 0 Å². The molecular weight excluding hydrogens is 268 g/mol. The minimum atomic E-state index is -0.759. The number of carboxylic acid groups (broad SMARTS) is 1. The Balaban J connectivity index is 1.75. The minimum Gasteiger partial charge on any atom is -0.481 e. The van der Waals surface area contributed by atoms with Gasteiger partial charge < -0.3 is 10.0 Å². The molecule has 2 aliphatic heterocycles. The van der Waals surface area contributed by atoms with Gasteiger partial charge in [-0.1, -0.05) is 0 Å².